The summed E-state index contributed by atoms with van der Waals surface area (Å²) < 4.78 is 30.9. The molecule has 0 aliphatic rings. The average molecular weight is 371 g/mol. The second-order valence-corrected chi connectivity index (χ2v) is 5.65. The third-order valence-corrected chi connectivity index (χ3v) is 3.91. The first-order valence-electron chi connectivity index (χ1n) is 7.81. The molecule has 0 spiro atoms. The van der Waals surface area contributed by atoms with E-state index in [1.54, 1.807) is 30.3 Å². The maximum absolute atomic E-state index is 12.5. The van der Waals surface area contributed by atoms with Crippen LogP contribution in [0.3, 0.4) is 0 Å². The smallest absolute Gasteiger partial charge is 0.329 e. The lowest BCUT2D eigenvalue weighted by Gasteiger charge is -2.06. The van der Waals surface area contributed by atoms with Gasteiger partial charge in [0, 0.05) is 6.20 Å². The molecule has 0 atom stereocenters. The summed E-state index contributed by atoms with van der Waals surface area (Å²) in [5.74, 6) is -0.867. The van der Waals surface area contributed by atoms with Crippen LogP contribution < -0.4 is 11.2 Å². The summed E-state index contributed by atoms with van der Waals surface area (Å²) in [7, 11) is 0. The monoisotopic (exact) mass is 371 g/mol. The van der Waals surface area contributed by atoms with E-state index < -0.39 is 23.6 Å². The molecular formula is C17H11F2N5O3. The van der Waals surface area contributed by atoms with Crippen molar-refractivity contribution in [1.82, 2.24) is 24.7 Å². The molecule has 4 aromatic rings. The molecule has 0 aliphatic heterocycles. The summed E-state index contributed by atoms with van der Waals surface area (Å²) in [4.78, 5) is 31.5. The number of nitrogens with zero attached hydrogens (tertiary/aromatic N) is 4. The highest BCUT2D eigenvalue weighted by molar-refractivity contribution is 5.76. The van der Waals surface area contributed by atoms with E-state index in [1.807, 2.05) is 0 Å². The minimum Gasteiger partial charge on any atom is -0.415 e. The number of aromatic amines is 1. The molecule has 0 bridgehead atoms. The second-order valence-electron chi connectivity index (χ2n) is 5.65. The summed E-state index contributed by atoms with van der Waals surface area (Å²) in [5.41, 5.74) is 0.244. The van der Waals surface area contributed by atoms with Crippen molar-refractivity contribution in [2.75, 3.05) is 0 Å². The number of halogens is 2. The van der Waals surface area contributed by atoms with Crippen LogP contribution in [0.4, 0.5) is 8.78 Å². The number of benzene rings is 1. The van der Waals surface area contributed by atoms with Crippen LogP contribution in [0.1, 0.15) is 18.0 Å². The molecule has 27 heavy (non-hydrogen) atoms. The zero-order valence-electron chi connectivity index (χ0n) is 13.6. The van der Waals surface area contributed by atoms with Crippen molar-refractivity contribution in [2.45, 2.75) is 13.0 Å². The van der Waals surface area contributed by atoms with E-state index in [0.29, 0.717) is 22.2 Å². The van der Waals surface area contributed by atoms with E-state index in [4.69, 9.17) is 4.42 Å². The van der Waals surface area contributed by atoms with Crippen LogP contribution in [0.5, 0.6) is 0 Å². The molecular weight excluding hydrogens is 360 g/mol. The number of hydrogen-bond donors (Lipinski definition) is 1. The van der Waals surface area contributed by atoms with Crippen molar-refractivity contribution >= 4 is 10.9 Å². The Bertz CT molecular complexity index is 1230. The van der Waals surface area contributed by atoms with Gasteiger partial charge in [0.25, 0.3) is 11.4 Å². The van der Waals surface area contributed by atoms with Gasteiger partial charge in [-0.25, -0.2) is 4.79 Å². The lowest BCUT2D eigenvalue weighted by atomic mass is 10.2. The summed E-state index contributed by atoms with van der Waals surface area (Å²) >= 11 is 0. The predicted octanol–water partition coefficient (Wildman–Crippen LogP) is 2.12. The number of H-pyrrole nitrogens is 1. The Hall–Kier alpha value is -3.69. The normalized spacial score (nSPS) is 11.4. The van der Waals surface area contributed by atoms with Gasteiger partial charge in [0.1, 0.15) is 0 Å². The highest BCUT2D eigenvalue weighted by Gasteiger charge is 2.17. The topological polar surface area (TPSA) is 107 Å². The van der Waals surface area contributed by atoms with Crippen molar-refractivity contribution in [3.8, 4) is 11.5 Å². The van der Waals surface area contributed by atoms with Crippen LogP contribution in [-0.4, -0.2) is 24.7 Å². The van der Waals surface area contributed by atoms with E-state index in [-0.39, 0.29) is 12.4 Å². The fraction of sp³-hybridized carbons (Fsp3) is 0.118. The van der Waals surface area contributed by atoms with E-state index in [9.17, 15) is 18.4 Å². The second kappa shape index (κ2) is 6.56. The molecule has 136 valence electrons. The average Bonchev–Trinajstić information content (AvgIpc) is 3.16. The molecule has 4 rings (SSSR count). The zero-order chi connectivity index (χ0) is 19.0. The van der Waals surface area contributed by atoms with Crippen molar-refractivity contribution in [2.24, 2.45) is 0 Å². The molecule has 0 fully saturated rings. The number of para-hydroxylation sites is 1. The Morgan fingerprint density at radius 3 is 2.63 bits per heavy atom. The molecule has 10 heteroatoms. The fourth-order valence-corrected chi connectivity index (χ4v) is 2.59. The van der Waals surface area contributed by atoms with Crippen LogP contribution in [0.25, 0.3) is 22.4 Å². The predicted molar refractivity (Wildman–Crippen MR) is 90.4 cm³/mol. The van der Waals surface area contributed by atoms with E-state index in [1.165, 1.54) is 12.3 Å². The van der Waals surface area contributed by atoms with Gasteiger partial charge in [-0.3, -0.25) is 14.3 Å². The Kier molecular flexibility index (Phi) is 4.07. The molecule has 3 aromatic heterocycles. The number of fused-ring (bicyclic) bond motifs is 1. The van der Waals surface area contributed by atoms with Crippen LogP contribution in [0.15, 0.2) is 56.6 Å². The summed E-state index contributed by atoms with van der Waals surface area (Å²) in [5, 5.41) is 7.17. The first kappa shape index (κ1) is 16.8. The van der Waals surface area contributed by atoms with E-state index in [0.717, 1.165) is 4.57 Å². The Labute approximate surface area is 149 Å². The lowest BCUT2D eigenvalue weighted by molar-refractivity contribution is 0.116. The van der Waals surface area contributed by atoms with Crippen LogP contribution >= 0.6 is 0 Å². The number of rotatable bonds is 4. The van der Waals surface area contributed by atoms with Gasteiger partial charge < -0.3 is 9.40 Å². The third kappa shape index (κ3) is 3.12. The molecule has 8 nitrogen and oxygen atoms in total. The molecule has 0 aliphatic carbocycles. The van der Waals surface area contributed by atoms with Crippen molar-refractivity contribution in [3.05, 3.63) is 75.0 Å². The highest BCUT2D eigenvalue weighted by Crippen LogP contribution is 2.22. The number of hydrogen-bond acceptors (Lipinski definition) is 6. The molecule has 0 amide bonds. The van der Waals surface area contributed by atoms with Crippen LogP contribution in [-0.2, 0) is 6.54 Å². The lowest BCUT2D eigenvalue weighted by Crippen LogP contribution is -2.35. The van der Waals surface area contributed by atoms with E-state index >= 15 is 0 Å². The van der Waals surface area contributed by atoms with Gasteiger partial charge in [0.2, 0.25) is 5.89 Å². The number of pyridine rings is 1. The van der Waals surface area contributed by atoms with Gasteiger partial charge in [-0.2, -0.15) is 8.78 Å². The van der Waals surface area contributed by atoms with Crippen molar-refractivity contribution in [3.63, 3.8) is 0 Å². The summed E-state index contributed by atoms with van der Waals surface area (Å²) in [6.07, 6.45) is -1.51. The van der Waals surface area contributed by atoms with Crippen LogP contribution in [0.2, 0.25) is 0 Å². The zero-order valence-corrected chi connectivity index (χ0v) is 13.6. The minimum atomic E-state index is -2.86. The van der Waals surface area contributed by atoms with Gasteiger partial charge in [-0.15, -0.1) is 10.2 Å². The first-order chi connectivity index (χ1) is 13.0. The Morgan fingerprint density at radius 1 is 1.11 bits per heavy atom. The van der Waals surface area contributed by atoms with Crippen molar-refractivity contribution in [1.29, 1.82) is 0 Å². The van der Waals surface area contributed by atoms with Crippen molar-refractivity contribution < 1.29 is 13.2 Å². The van der Waals surface area contributed by atoms with Gasteiger partial charge in [-0.1, -0.05) is 12.1 Å². The maximum atomic E-state index is 12.5. The third-order valence-electron chi connectivity index (χ3n) is 3.91. The highest BCUT2D eigenvalue weighted by atomic mass is 19.3. The van der Waals surface area contributed by atoms with Gasteiger partial charge in [0.15, 0.2) is 0 Å². The van der Waals surface area contributed by atoms with Crippen LogP contribution in [0, 0.1) is 0 Å². The SMILES string of the molecule is O=c1[nH]c2ccccc2c(=O)n1Cc1ccc(-c2nnc(C(F)F)o2)cn1. The molecule has 0 radical (unpaired) electrons. The summed E-state index contributed by atoms with van der Waals surface area (Å²) in [6, 6.07) is 9.77. The van der Waals surface area contributed by atoms with Gasteiger partial charge in [-0.05, 0) is 24.3 Å². The molecule has 3 heterocycles. The van der Waals surface area contributed by atoms with Gasteiger partial charge >= 0.3 is 12.1 Å². The number of alkyl halides is 2. The molecule has 1 aromatic carbocycles. The molecule has 1 N–H and O–H groups in total. The first-order valence-corrected chi connectivity index (χ1v) is 7.81. The fourth-order valence-electron chi connectivity index (χ4n) is 2.59. The van der Waals surface area contributed by atoms with E-state index in [2.05, 4.69) is 20.2 Å². The quantitative estimate of drug-likeness (QED) is 0.589. The molecule has 0 unspecified atom stereocenters. The molecule has 0 saturated carbocycles. The Balaban J connectivity index is 1.65. The standard InChI is InChI=1S/C17H11F2N5O3/c18-13(19)15-23-22-14(27-15)9-5-6-10(20-7-9)8-24-16(25)11-3-1-2-4-12(11)21-17(24)26/h1-7,13H,8H2,(H,21,26). The molecule has 0 saturated heterocycles. The maximum Gasteiger partial charge on any atom is 0.329 e. The minimum absolute atomic E-state index is 0.0502. The Morgan fingerprint density at radius 2 is 1.93 bits per heavy atom. The largest absolute Gasteiger partial charge is 0.415 e. The van der Waals surface area contributed by atoms with Gasteiger partial charge in [0.05, 0.1) is 28.7 Å². The number of nitrogens with one attached hydrogen (secondary N) is 1. The number of aromatic nitrogens is 5. The summed E-state index contributed by atoms with van der Waals surface area (Å²) in [6.45, 7) is -0.0502.